The molecule has 0 atom stereocenters. The summed E-state index contributed by atoms with van der Waals surface area (Å²) in [7, 11) is 0. The first-order chi connectivity index (χ1) is 6.54. The number of hydrogen-bond acceptors (Lipinski definition) is 3. The fraction of sp³-hybridized carbons (Fsp3) is 0.250. The fourth-order valence-electron chi connectivity index (χ4n) is 0.891. The summed E-state index contributed by atoms with van der Waals surface area (Å²) in [5.41, 5.74) is -0.315. The highest BCUT2D eigenvalue weighted by atomic mass is 35.5. The number of hydrogen-bond donors (Lipinski definition) is 2. The topological polar surface area (TPSA) is 54.9 Å². The van der Waals surface area contributed by atoms with Crippen LogP contribution in [0.2, 0.25) is 5.02 Å². The molecule has 0 saturated heterocycles. The molecule has 0 aromatic carbocycles. The fourth-order valence-corrected chi connectivity index (χ4v) is 1.16. The summed E-state index contributed by atoms with van der Waals surface area (Å²) >= 11 is 9.57. The Morgan fingerprint density at radius 3 is 2.86 bits per heavy atom. The number of nitrogens with zero attached hydrogens (tertiary/aromatic N) is 1. The lowest BCUT2D eigenvalue weighted by atomic mass is 10.3. The van der Waals surface area contributed by atoms with Crippen molar-refractivity contribution in [3.63, 3.8) is 0 Å². The van der Waals surface area contributed by atoms with E-state index in [0.29, 0.717) is 12.3 Å². The summed E-state index contributed by atoms with van der Waals surface area (Å²) in [4.78, 5) is 24.2. The van der Waals surface area contributed by atoms with E-state index in [2.05, 4.69) is 24.2 Å². The molecule has 0 spiro atoms. The van der Waals surface area contributed by atoms with E-state index in [1.165, 1.54) is 10.8 Å². The minimum absolute atomic E-state index is 0.0171. The van der Waals surface area contributed by atoms with Gasteiger partial charge in [-0.2, -0.15) is 12.6 Å². The molecule has 0 aliphatic rings. The molecule has 14 heavy (non-hydrogen) atoms. The van der Waals surface area contributed by atoms with Crippen molar-refractivity contribution in [2.75, 3.05) is 5.75 Å². The van der Waals surface area contributed by atoms with E-state index < -0.39 is 11.2 Å². The highest BCUT2D eigenvalue weighted by Crippen LogP contribution is 2.00. The average Bonchev–Trinajstić information content (AvgIpc) is 2.14. The van der Waals surface area contributed by atoms with Crippen molar-refractivity contribution in [2.24, 2.45) is 0 Å². The Kier molecular flexibility index (Phi) is 3.60. The molecule has 1 heterocycles. The maximum absolute atomic E-state index is 11.2. The van der Waals surface area contributed by atoms with Gasteiger partial charge in [-0.1, -0.05) is 18.2 Å². The zero-order valence-corrected chi connectivity index (χ0v) is 8.94. The molecule has 0 fully saturated rings. The standard InChI is InChI=1S/C8H9ClN2O2S/c1-5(4-14)2-11-3-6(9)7(12)10-8(11)13/h3,14H,1-2,4H2,(H,10,12,13). The molecular weight excluding hydrogens is 224 g/mol. The van der Waals surface area contributed by atoms with Crippen molar-refractivity contribution >= 4 is 24.2 Å². The first-order valence-corrected chi connectivity index (χ1v) is 4.82. The molecule has 0 amide bonds. The third-order valence-corrected chi connectivity index (χ3v) is 2.30. The van der Waals surface area contributed by atoms with Crippen molar-refractivity contribution in [3.8, 4) is 0 Å². The second-order valence-corrected chi connectivity index (χ2v) is 3.50. The van der Waals surface area contributed by atoms with Gasteiger partial charge in [0.1, 0.15) is 5.02 Å². The minimum atomic E-state index is -0.579. The minimum Gasteiger partial charge on any atom is -0.295 e. The van der Waals surface area contributed by atoms with Gasteiger partial charge in [-0.25, -0.2) is 4.79 Å². The molecular formula is C8H9ClN2O2S. The smallest absolute Gasteiger partial charge is 0.295 e. The summed E-state index contributed by atoms with van der Waals surface area (Å²) in [5.74, 6) is 0.475. The van der Waals surface area contributed by atoms with Gasteiger partial charge in [-0.3, -0.25) is 14.3 Å². The Labute approximate surface area is 90.6 Å². The van der Waals surface area contributed by atoms with Gasteiger partial charge in [-0.15, -0.1) is 0 Å². The largest absolute Gasteiger partial charge is 0.328 e. The normalized spacial score (nSPS) is 10.1. The number of thiol groups is 1. The van der Waals surface area contributed by atoms with Gasteiger partial charge in [0.2, 0.25) is 0 Å². The van der Waals surface area contributed by atoms with Gasteiger partial charge in [0.05, 0.1) is 0 Å². The number of halogens is 1. The lowest BCUT2D eigenvalue weighted by Crippen LogP contribution is -2.30. The van der Waals surface area contributed by atoms with Crippen LogP contribution in [-0.2, 0) is 6.54 Å². The van der Waals surface area contributed by atoms with E-state index >= 15 is 0 Å². The van der Waals surface area contributed by atoms with E-state index in [9.17, 15) is 9.59 Å². The molecule has 0 aliphatic heterocycles. The molecule has 0 radical (unpaired) electrons. The van der Waals surface area contributed by atoms with Gasteiger partial charge < -0.3 is 0 Å². The molecule has 1 N–H and O–H groups in total. The summed E-state index contributed by atoms with van der Waals surface area (Å²) in [6.07, 6.45) is 1.29. The Bertz CT molecular complexity index is 463. The highest BCUT2D eigenvalue weighted by Gasteiger charge is 2.02. The van der Waals surface area contributed by atoms with Crippen molar-refractivity contribution in [1.82, 2.24) is 9.55 Å². The van der Waals surface area contributed by atoms with Crippen molar-refractivity contribution < 1.29 is 0 Å². The second kappa shape index (κ2) is 4.52. The third-order valence-electron chi connectivity index (χ3n) is 1.58. The lowest BCUT2D eigenvalue weighted by molar-refractivity contribution is 0.714. The van der Waals surface area contributed by atoms with Gasteiger partial charge in [-0.05, 0) is 5.57 Å². The quantitative estimate of drug-likeness (QED) is 0.595. The molecule has 0 bridgehead atoms. The zero-order chi connectivity index (χ0) is 10.7. The highest BCUT2D eigenvalue weighted by molar-refractivity contribution is 7.80. The van der Waals surface area contributed by atoms with Crippen LogP contribution in [0.1, 0.15) is 0 Å². The predicted octanol–water partition coefficient (Wildman–Crippen LogP) is 0.676. The summed E-state index contributed by atoms with van der Waals surface area (Å²) < 4.78 is 1.28. The van der Waals surface area contributed by atoms with Crippen LogP contribution in [-0.4, -0.2) is 15.3 Å². The molecule has 1 aromatic heterocycles. The molecule has 6 heteroatoms. The van der Waals surface area contributed by atoms with Gasteiger partial charge in [0.25, 0.3) is 5.56 Å². The maximum atomic E-state index is 11.2. The first kappa shape index (κ1) is 11.1. The van der Waals surface area contributed by atoms with E-state index in [0.717, 1.165) is 5.57 Å². The van der Waals surface area contributed by atoms with Gasteiger partial charge >= 0.3 is 5.69 Å². The van der Waals surface area contributed by atoms with Gasteiger partial charge in [0.15, 0.2) is 0 Å². The Hall–Kier alpha value is -0.940. The zero-order valence-electron chi connectivity index (χ0n) is 7.29. The van der Waals surface area contributed by atoms with Crippen LogP contribution in [0.3, 0.4) is 0 Å². The van der Waals surface area contributed by atoms with Gasteiger partial charge in [0, 0.05) is 18.5 Å². The Morgan fingerprint density at radius 1 is 1.64 bits per heavy atom. The number of aromatic amines is 1. The number of H-pyrrole nitrogens is 1. The maximum Gasteiger partial charge on any atom is 0.328 e. The van der Waals surface area contributed by atoms with Crippen LogP contribution >= 0.6 is 24.2 Å². The van der Waals surface area contributed by atoms with E-state index in [-0.39, 0.29) is 5.02 Å². The van der Waals surface area contributed by atoms with Crippen LogP contribution in [0.25, 0.3) is 0 Å². The van der Waals surface area contributed by atoms with Crippen LogP contribution in [0.4, 0.5) is 0 Å². The molecule has 76 valence electrons. The molecule has 4 nitrogen and oxygen atoms in total. The van der Waals surface area contributed by atoms with Crippen LogP contribution in [0.15, 0.2) is 27.9 Å². The second-order valence-electron chi connectivity index (χ2n) is 2.77. The monoisotopic (exact) mass is 232 g/mol. The number of rotatable bonds is 3. The summed E-state index contributed by atoms with van der Waals surface area (Å²) in [6, 6.07) is 0. The predicted molar refractivity (Wildman–Crippen MR) is 59.3 cm³/mol. The number of nitrogens with one attached hydrogen (secondary N) is 1. The summed E-state index contributed by atoms with van der Waals surface area (Å²) in [5, 5.41) is -0.0171. The average molecular weight is 233 g/mol. The molecule has 0 unspecified atom stereocenters. The van der Waals surface area contributed by atoms with Crippen LogP contribution in [0.5, 0.6) is 0 Å². The molecule has 1 aromatic rings. The Morgan fingerprint density at radius 2 is 2.29 bits per heavy atom. The Balaban J connectivity index is 3.11. The van der Waals surface area contributed by atoms with E-state index in [4.69, 9.17) is 11.6 Å². The van der Waals surface area contributed by atoms with Crippen LogP contribution in [0, 0.1) is 0 Å². The SMILES string of the molecule is C=C(CS)Cn1cc(Cl)c(=O)[nH]c1=O. The molecule has 0 aliphatic carbocycles. The lowest BCUT2D eigenvalue weighted by Gasteiger charge is -2.05. The molecule has 1 rings (SSSR count). The van der Waals surface area contributed by atoms with Crippen LogP contribution < -0.4 is 11.2 Å². The van der Waals surface area contributed by atoms with Crippen molar-refractivity contribution in [2.45, 2.75) is 6.54 Å². The molecule has 0 saturated carbocycles. The first-order valence-electron chi connectivity index (χ1n) is 3.81. The number of aromatic nitrogens is 2. The van der Waals surface area contributed by atoms with E-state index in [1.807, 2.05) is 0 Å². The third kappa shape index (κ3) is 2.52. The van der Waals surface area contributed by atoms with E-state index in [1.54, 1.807) is 0 Å². The van der Waals surface area contributed by atoms with Crippen molar-refractivity contribution in [3.05, 3.63) is 44.2 Å². The summed E-state index contributed by atoms with van der Waals surface area (Å²) in [6.45, 7) is 3.99. The van der Waals surface area contributed by atoms with Crippen molar-refractivity contribution in [1.29, 1.82) is 0 Å².